The summed E-state index contributed by atoms with van der Waals surface area (Å²) in [4.78, 5) is 58.3. The number of methoxy groups -OCH3 is 2. The lowest BCUT2D eigenvalue weighted by atomic mass is 9.77. The molecule has 0 aromatic heterocycles. The first-order valence-electron chi connectivity index (χ1n) is 13.4. The number of rotatable bonds is 8. The zero-order valence-electron chi connectivity index (χ0n) is 24.5. The van der Waals surface area contributed by atoms with Crippen molar-refractivity contribution < 1.29 is 28.7 Å². The molecule has 8 nitrogen and oxygen atoms in total. The molecule has 4 rings (SSSR count). The van der Waals surface area contributed by atoms with E-state index in [9.17, 15) is 14.4 Å². The fraction of sp³-hybridized carbons (Fsp3) is 0.333. The first-order chi connectivity index (χ1) is 19.3. The van der Waals surface area contributed by atoms with Crippen LogP contribution in [-0.4, -0.2) is 48.9 Å². The van der Waals surface area contributed by atoms with E-state index in [1.807, 2.05) is 51.1 Å². The lowest BCUT2D eigenvalue weighted by Crippen LogP contribution is -2.59. The highest BCUT2D eigenvalue weighted by Crippen LogP contribution is 2.44. The topological polar surface area (TPSA) is 93.2 Å². The van der Waals surface area contributed by atoms with Crippen LogP contribution in [0.2, 0.25) is 0 Å². The van der Waals surface area contributed by atoms with Crippen molar-refractivity contribution in [3.05, 3.63) is 95.6 Å². The molecule has 41 heavy (non-hydrogen) atoms. The molecule has 0 unspecified atom stereocenters. The summed E-state index contributed by atoms with van der Waals surface area (Å²) in [5.41, 5.74) is -0.452. The van der Waals surface area contributed by atoms with Crippen LogP contribution in [0.3, 0.4) is 0 Å². The number of esters is 1. The summed E-state index contributed by atoms with van der Waals surface area (Å²) in [6, 6.07) is 20.6. The Morgan fingerprint density at radius 3 is 1.73 bits per heavy atom. The Labute approximate surface area is 240 Å². The Kier molecular flexibility index (Phi) is 8.06. The predicted octanol–water partition coefficient (Wildman–Crippen LogP) is 5.68. The largest absolute Gasteiger partial charge is 0.497 e. The van der Waals surface area contributed by atoms with E-state index in [1.165, 1.54) is 12.0 Å². The van der Waals surface area contributed by atoms with E-state index in [-0.39, 0.29) is 11.1 Å². The smallest absolute Gasteiger partial charge is 0.313 e. The lowest BCUT2D eigenvalue weighted by Gasteiger charge is -2.45. The van der Waals surface area contributed by atoms with Gasteiger partial charge >= 0.3 is 5.97 Å². The van der Waals surface area contributed by atoms with Crippen LogP contribution in [0.25, 0.3) is 0 Å². The summed E-state index contributed by atoms with van der Waals surface area (Å²) in [6.45, 7) is 8.87. The van der Waals surface area contributed by atoms with E-state index in [0.29, 0.717) is 17.0 Å². The molecule has 1 aliphatic rings. The van der Waals surface area contributed by atoms with Crippen molar-refractivity contribution in [3.63, 3.8) is 0 Å². The van der Waals surface area contributed by atoms with Crippen LogP contribution in [0.4, 0.5) is 5.69 Å². The molecule has 3 aromatic rings. The number of benzene rings is 3. The fourth-order valence-electron chi connectivity index (χ4n) is 5.49. The van der Waals surface area contributed by atoms with E-state index in [0.717, 1.165) is 4.90 Å². The van der Waals surface area contributed by atoms with E-state index in [4.69, 9.17) is 9.47 Å². The average Bonchev–Trinajstić information content (AvgIpc) is 3.20. The van der Waals surface area contributed by atoms with Crippen molar-refractivity contribution in [2.45, 2.75) is 46.7 Å². The summed E-state index contributed by atoms with van der Waals surface area (Å²) in [6.07, 6.45) is 0. The lowest BCUT2D eigenvalue weighted by molar-refractivity contribution is -0.152. The van der Waals surface area contributed by atoms with Gasteiger partial charge < -0.3 is 14.4 Å². The molecule has 3 amide bonds. The zero-order chi connectivity index (χ0) is 30.1. The number of anilines is 1. The van der Waals surface area contributed by atoms with E-state index in [2.05, 4.69) is 0 Å². The maximum Gasteiger partial charge on any atom is 0.313 e. The molecular formula is C33H36N2O6. The summed E-state index contributed by atoms with van der Waals surface area (Å²) in [5, 5.41) is 0. The van der Waals surface area contributed by atoms with Crippen LogP contribution in [0, 0.1) is 10.8 Å². The molecule has 8 heteroatoms. The SMILES string of the molecule is COC(=O)C(C)(C)[C@@H](c1ccccc1)N(C(=O)[C@@H](N1C(=O)c2ccccc2C1=O)C(C)(C)C)c1ccc(OC)cc1. The highest BCUT2D eigenvalue weighted by atomic mass is 16.5. The van der Waals surface area contributed by atoms with Crippen molar-refractivity contribution in [2.24, 2.45) is 10.8 Å². The fourth-order valence-corrected chi connectivity index (χ4v) is 5.49. The minimum Gasteiger partial charge on any atom is -0.497 e. The number of hydrogen-bond donors (Lipinski definition) is 0. The maximum absolute atomic E-state index is 15.0. The first-order valence-corrected chi connectivity index (χ1v) is 13.4. The van der Waals surface area contributed by atoms with Crippen LogP contribution < -0.4 is 9.64 Å². The Bertz CT molecular complexity index is 1420. The van der Waals surface area contributed by atoms with E-state index < -0.39 is 46.6 Å². The molecule has 0 aliphatic carbocycles. The second-order valence-corrected chi connectivity index (χ2v) is 11.7. The van der Waals surface area contributed by atoms with Gasteiger partial charge in [0.15, 0.2) is 0 Å². The number of hydrogen-bond acceptors (Lipinski definition) is 6. The third-order valence-corrected chi connectivity index (χ3v) is 7.49. The molecule has 1 aliphatic heterocycles. The van der Waals surface area contributed by atoms with Crippen molar-refractivity contribution in [3.8, 4) is 5.75 Å². The quantitative estimate of drug-likeness (QED) is 0.262. The van der Waals surface area contributed by atoms with Crippen molar-refractivity contribution in [1.82, 2.24) is 4.90 Å². The van der Waals surface area contributed by atoms with Gasteiger partial charge in [-0.2, -0.15) is 0 Å². The molecule has 0 fully saturated rings. The number of ether oxygens (including phenoxy) is 2. The van der Waals surface area contributed by atoms with Gasteiger partial charge in [-0.1, -0.05) is 63.2 Å². The van der Waals surface area contributed by atoms with Crippen molar-refractivity contribution in [2.75, 3.05) is 19.1 Å². The second-order valence-electron chi connectivity index (χ2n) is 11.7. The van der Waals surface area contributed by atoms with Gasteiger partial charge in [-0.05, 0) is 61.2 Å². The van der Waals surface area contributed by atoms with Crippen molar-refractivity contribution >= 4 is 29.4 Å². The number of nitrogens with zero attached hydrogens (tertiary/aromatic N) is 2. The zero-order valence-corrected chi connectivity index (χ0v) is 24.5. The molecule has 1 heterocycles. The predicted molar refractivity (Wildman–Crippen MR) is 156 cm³/mol. The molecule has 0 bridgehead atoms. The third-order valence-electron chi connectivity index (χ3n) is 7.49. The van der Waals surface area contributed by atoms with Gasteiger partial charge in [0, 0.05) is 5.69 Å². The molecule has 214 valence electrons. The Hall–Kier alpha value is -4.46. The standard InChI is InChI=1S/C33H36N2O6/c1-32(2,3)27(35-28(36)24-15-11-12-16-25(24)29(35)37)30(38)34(22-17-19-23(40-6)20-18-22)26(21-13-9-8-10-14-21)33(4,5)31(39)41-7/h8-20,26-27H,1-7H3/t26-,27-/m1/s1. The van der Waals surface area contributed by atoms with Crippen LogP contribution >= 0.6 is 0 Å². The number of carbonyl (C=O) groups excluding carboxylic acids is 4. The highest BCUT2D eigenvalue weighted by molar-refractivity contribution is 6.23. The summed E-state index contributed by atoms with van der Waals surface area (Å²) >= 11 is 0. The number of carbonyl (C=O) groups is 4. The minimum absolute atomic E-state index is 0.255. The molecule has 0 N–H and O–H groups in total. The third kappa shape index (κ3) is 5.34. The molecule has 3 aromatic carbocycles. The molecule has 0 saturated carbocycles. The Morgan fingerprint density at radius 2 is 1.27 bits per heavy atom. The van der Waals surface area contributed by atoms with Crippen LogP contribution in [0.5, 0.6) is 5.75 Å². The molecular weight excluding hydrogens is 520 g/mol. The van der Waals surface area contributed by atoms with E-state index >= 15 is 4.79 Å². The van der Waals surface area contributed by atoms with Crippen LogP contribution in [-0.2, 0) is 14.3 Å². The van der Waals surface area contributed by atoms with Gasteiger partial charge in [0.1, 0.15) is 11.8 Å². The van der Waals surface area contributed by atoms with Gasteiger partial charge in [0.25, 0.3) is 17.7 Å². The van der Waals surface area contributed by atoms with E-state index in [1.54, 1.807) is 69.5 Å². The summed E-state index contributed by atoms with van der Waals surface area (Å²) in [7, 11) is 2.85. The highest BCUT2D eigenvalue weighted by Gasteiger charge is 2.52. The van der Waals surface area contributed by atoms with Gasteiger partial charge in [-0.3, -0.25) is 24.1 Å². The number of amides is 3. The monoisotopic (exact) mass is 556 g/mol. The number of fused-ring (bicyclic) bond motifs is 1. The molecule has 2 atom stereocenters. The second kappa shape index (κ2) is 11.2. The minimum atomic E-state index is -1.24. The van der Waals surface area contributed by atoms with Gasteiger partial charge in [-0.25, -0.2) is 0 Å². The normalized spacial score (nSPS) is 14.8. The van der Waals surface area contributed by atoms with Gasteiger partial charge in [0.2, 0.25) is 0 Å². The number of imide groups is 1. The molecule has 0 spiro atoms. The van der Waals surface area contributed by atoms with Gasteiger partial charge in [-0.15, -0.1) is 0 Å². The first kappa shape index (κ1) is 29.5. The van der Waals surface area contributed by atoms with Crippen LogP contribution in [0.15, 0.2) is 78.9 Å². The maximum atomic E-state index is 15.0. The van der Waals surface area contributed by atoms with Crippen LogP contribution in [0.1, 0.15) is 66.9 Å². The van der Waals surface area contributed by atoms with Crippen molar-refractivity contribution in [1.29, 1.82) is 0 Å². The molecule has 0 saturated heterocycles. The summed E-state index contributed by atoms with van der Waals surface area (Å²) in [5.74, 6) is -1.51. The molecule has 0 radical (unpaired) electrons. The summed E-state index contributed by atoms with van der Waals surface area (Å²) < 4.78 is 10.6. The van der Waals surface area contributed by atoms with Gasteiger partial charge in [0.05, 0.1) is 36.8 Å². The Balaban J connectivity index is 1.97. The average molecular weight is 557 g/mol. The Morgan fingerprint density at radius 1 is 0.756 bits per heavy atom.